The van der Waals surface area contributed by atoms with Gasteiger partial charge in [-0.05, 0) is 30.3 Å². The maximum atomic E-state index is 11.4. The quantitative estimate of drug-likeness (QED) is 0.717. The van der Waals surface area contributed by atoms with Gasteiger partial charge in [0.1, 0.15) is 12.4 Å². The van der Waals surface area contributed by atoms with Crippen LogP contribution >= 0.6 is 23.2 Å². The van der Waals surface area contributed by atoms with Crippen LogP contribution in [0.5, 0.6) is 17.2 Å². The van der Waals surface area contributed by atoms with E-state index in [1.54, 1.807) is 37.4 Å². The first-order valence-electron chi connectivity index (χ1n) is 7.37. The van der Waals surface area contributed by atoms with E-state index in [4.69, 9.17) is 37.9 Å². The van der Waals surface area contributed by atoms with Gasteiger partial charge in [-0.1, -0.05) is 23.2 Å². The summed E-state index contributed by atoms with van der Waals surface area (Å²) in [4.78, 5) is 11.4. The van der Waals surface area contributed by atoms with Gasteiger partial charge in [-0.2, -0.15) is 10.4 Å². The molecule has 0 saturated carbocycles. The Morgan fingerprint density at radius 2 is 2.00 bits per heavy atom. The van der Waals surface area contributed by atoms with Gasteiger partial charge in [0.05, 0.1) is 11.6 Å². The molecule has 132 valence electrons. The molecule has 0 aliphatic carbocycles. The predicted octanol–water partition coefficient (Wildman–Crippen LogP) is 3.66. The zero-order valence-electron chi connectivity index (χ0n) is 13.5. The van der Waals surface area contributed by atoms with E-state index in [0.717, 1.165) is 0 Å². The molecule has 7 nitrogen and oxygen atoms in total. The molecule has 0 aliphatic rings. The molecule has 0 radical (unpaired) electrons. The predicted molar refractivity (Wildman–Crippen MR) is 95.9 cm³/mol. The molecular weight excluding hydrogens is 379 g/mol. The number of nitrogens with one attached hydrogen (secondary N) is 1. The normalized spacial score (nSPS) is 10.4. The third-order valence-corrected chi connectivity index (χ3v) is 3.92. The summed E-state index contributed by atoms with van der Waals surface area (Å²) < 4.78 is 12.8. The first kappa shape index (κ1) is 17.9. The molecule has 2 aromatic carbocycles. The second-order valence-electron chi connectivity index (χ2n) is 5.27. The largest absolute Gasteiger partial charge is 0.482 e. The maximum Gasteiger partial charge on any atom is 0.343 e. The number of rotatable bonds is 5. The van der Waals surface area contributed by atoms with Crippen molar-refractivity contribution in [1.82, 2.24) is 14.8 Å². The highest BCUT2D eigenvalue weighted by Gasteiger charge is 2.12. The Balaban J connectivity index is 1.86. The summed E-state index contributed by atoms with van der Waals surface area (Å²) in [5, 5.41) is 16.1. The molecule has 0 atom stereocenters. The molecule has 0 unspecified atom stereocenters. The van der Waals surface area contributed by atoms with Crippen molar-refractivity contribution >= 4 is 23.2 Å². The Morgan fingerprint density at radius 3 is 2.69 bits per heavy atom. The minimum Gasteiger partial charge on any atom is -0.482 e. The summed E-state index contributed by atoms with van der Waals surface area (Å²) in [6.07, 6.45) is 0. The van der Waals surface area contributed by atoms with Gasteiger partial charge in [0, 0.05) is 23.2 Å². The molecule has 9 heteroatoms. The fraction of sp³-hybridized carbons (Fsp3) is 0.118. The van der Waals surface area contributed by atoms with Crippen molar-refractivity contribution in [3.05, 3.63) is 68.3 Å². The zero-order chi connectivity index (χ0) is 18.7. The van der Waals surface area contributed by atoms with Gasteiger partial charge in [0.25, 0.3) is 0 Å². The van der Waals surface area contributed by atoms with Crippen molar-refractivity contribution in [1.29, 1.82) is 5.26 Å². The Labute approximate surface area is 158 Å². The van der Waals surface area contributed by atoms with Gasteiger partial charge in [-0.3, -0.25) is 4.57 Å². The fourth-order valence-electron chi connectivity index (χ4n) is 2.15. The minimum atomic E-state index is -0.334. The summed E-state index contributed by atoms with van der Waals surface area (Å²) in [5.41, 5.74) is 0.0302. The highest BCUT2D eigenvalue weighted by molar-refractivity contribution is 6.31. The Morgan fingerprint density at radius 1 is 1.19 bits per heavy atom. The molecule has 0 amide bonds. The first-order valence-corrected chi connectivity index (χ1v) is 8.13. The number of ether oxygens (including phenoxy) is 2. The van der Waals surface area contributed by atoms with Crippen LogP contribution in [0.4, 0.5) is 0 Å². The van der Waals surface area contributed by atoms with E-state index in [0.29, 0.717) is 38.7 Å². The van der Waals surface area contributed by atoms with E-state index in [2.05, 4.69) is 10.2 Å². The SMILES string of the molecule is Cn1c(COc2ccc(Cl)cc2Oc2cc(Cl)cc(C#N)c2)n[nH]c1=O. The molecule has 3 rings (SSSR count). The third-order valence-electron chi connectivity index (χ3n) is 3.46. The molecule has 3 aromatic rings. The number of hydrogen-bond donors (Lipinski definition) is 1. The standard InChI is InChI=1S/C17H12Cl2N4O3/c1-23-16(21-22-17(23)24)9-25-14-3-2-11(18)7-15(14)26-13-5-10(8-20)4-12(19)6-13/h2-7H,9H2,1H3,(H,22,24). The number of H-pyrrole nitrogens is 1. The van der Waals surface area contributed by atoms with Crippen LogP contribution in [0, 0.1) is 11.3 Å². The summed E-state index contributed by atoms with van der Waals surface area (Å²) in [6, 6.07) is 11.5. The van der Waals surface area contributed by atoms with Crippen LogP contribution in [0.3, 0.4) is 0 Å². The Bertz CT molecular complexity index is 1050. The molecule has 1 N–H and O–H groups in total. The van der Waals surface area contributed by atoms with Gasteiger partial charge in [-0.15, -0.1) is 0 Å². The van der Waals surface area contributed by atoms with Crippen LogP contribution in [-0.4, -0.2) is 14.8 Å². The molecule has 1 heterocycles. The molecule has 0 saturated heterocycles. The zero-order valence-corrected chi connectivity index (χ0v) is 15.0. The molecule has 0 aliphatic heterocycles. The van der Waals surface area contributed by atoms with Crippen LogP contribution in [0.1, 0.15) is 11.4 Å². The van der Waals surface area contributed by atoms with Crippen molar-refractivity contribution in [2.75, 3.05) is 0 Å². The fourth-order valence-corrected chi connectivity index (χ4v) is 2.53. The number of nitrogens with zero attached hydrogens (tertiary/aromatic N) is 3. The van der Waals surface area contributed by atoms with Crippen LogP contribution < -0.4 is 15.2 Å². The van der Waals surface area contributed by atoms with E-state index in [1.807, 2.05) is 6.07 Å². The Hall–Kier alpha value is -2.95. The van der Waals surface area contributed by atoms with E-state index in [-0.39, 0.29) is 12.3 Å². The van der Waals surface area contributed by atoms with Crippen molar-refractivity contribution < 1.29 is 9.47 Å². The number of halogens is 2. The average Bonchev–Trinajstić information content (AvgIpc) is 2.92. The molecule has 26 heavy (non-hydrogen) atoms. The number of nitriles is 1. The van der Waals surface area contributed by atoms with Crippen molar-refractivity contribution in [3.8, 4) is 23.3 Å². The molecular formula is C17H12Cl2N4O3. The number of aromatic amines is 1. The second kappa shape index (κ2) is 7.52. The van der Waals surface area contributed by atoms with E-state index in [9.17, 15) is 4.79 Å². The summed E-state index contributed by atoms with van der Waals surface area (Å²) >= 11 is 12.0. The highest BCUT2D eigenvalue weighted by atomic mass is 35.5. The van der Waals surface area contributed by atoms with Crippen LogP contribution in [0.2, 0.25) is 10.0 Å². The van der Waals surface area contributed by atoms with Gasteiger partial charge in [0.15, 0.2) is 17.3 Å². The average molecular weight is 391 g/mol. The first-order chi connectivity index (χ1) is 12.5. The van der Waals surface area contributed by atoms with Crippen molar-refractivity contribution in [2.24, 2.45) is 7.05 Å². The molecule has 0 bridgehead atoms. The lowest BCUT2D eigenvalue weighted by Gasteiger charge is -2.13. The van der Waals surface area contributed by atoms with E-state index < -0.39 is 0 Å². The lowest BCUT2D eigenvalue weighted by molar-refractivity contribution is 0.278. The van der Waals surface area contributed by atoms with E-state index >= 15 is 0 Å². The van der Waals surface area contributed by atoms with Gasteiger partial charge in [0.2, 0.25) is 0 Å². The highest BCUT2D eigenvalue weighted by Crippen LogP contribution is 2.35. The molecule has 0 fully saturated rings. The smallest absolute Gasteiger partial charge is 0.343 e. The molecule has 1 aromatic heterocycles. The van der Waals surface area contributed by atoms with Crippen LogP contribution in [-0.2, 0) is 13.7 Å². The molecule has 0 spiro atoms. The van der Waals surface area contributed by atoms with Crippen molar-refractivity contribution in [2.45, 2.75) is 6.61 Å². The minimum absolute atomic E-state index is 0.0478. The number of aromatic nitrogens is 3. The van der Waals surface area contributed by atoms with Crippen LogP contribution in [0.15, 0.2) is 41.2 Å². The van der Waals surface area contributed by atoms with E-state index in [1.165, 1.54) is 10.6 Å². The second-order valence-corrected chi connectivity index (χ2v) is 6.15. The van der Waals surface area contributed by atoms with Gasteiger partial charge in [-0.25, -0.2) is 9.89 Å². The summed E-state index contributed by atoms with van der Waals surface area (Å²) in [6.45, 7) is 0.0478. The lowest BCUT2D eigenvalue weighted by Crippen LogP contribution is -2.15. The summed E-state index contributed by atoms with van der Waals surface area (Å²) in [5.74, 6) is 1.52. The third kappa shape index (κ3) is 3.99. The number of hydrogen-bond acceptors (Lipinski definition) is 5. The van der Waals surface area contributed by atoms with Crippen molar-refractivity contribution in [3.63, 3.8) is 0 Å². The monoisotopic (exact) mass is 390 g/mol. The number of benzene rings is 2. The topological polar surface area (TPSA) is 92.9 Å². The lowest BCUT2D eigenvalue weighted by atomic mass is 10.2. The summed E-state index contributed by atoms with van der Waals surface area (Å²) in [7, 11) is 1.58. The van der Waals surface area contributed by atoms with Gasteiger partial charge >= 0.3 is 5.69 Å². The van der Waals surface area contributed by atoms with Gasteiger partial charge < -0.3 is 9.47 Å². The maximum absolute atomic E-state index is 11.4. The Kier molecular flexibility index (Phi) is 5.16. The van der Waals surface area contributed by atoms with Crippen LogP contribution in [0.25, 0.3) is 0 Å².